The molecule has 0 saturated heterocycles. The van der Waals surface area contributed by atoms with Crippen molar-refractivity contribution in [3.8, 4) is 28.4 Å². The largest absolute Gasteiger partial charge is 0.496 e. The predicted molar refractivity (Wildman–Crippen MR) is 148 cm³/mol. The van der Waals surface area contributed by atoms with Gasteiger partial charge in [-0.2, -0.15) is 0 Å². The zero-order valence-corrected chi connectivity index (χ0v) is 22.4. The maximum atomic E-state index is 13.7. The molecule has 2 heterocycles. The molecule has 1 fully saturated rings. The molecule has 4 aromatic rings. The lowest BCUT2D eigenvalue weighted by Gasteiger charge is -2.24. The van der Waals surface area contributed by atoms with Crippen LogP contribution in [0.1, 0.15) is 48.2 Å². The Morgan fingerprint density at radius 3 is 2.63 bits per heavy atom. The summed E-state index contributed by atoms with van der Waals surface area (Å²) in [6.07, 6.45) is 10.8. The van der Waals surface area contributed by atoms with Crippen molar-refractivity contribution in [1.82, 2.24) is 14.3 Å². The lowest BCUT2D eigenvalue weighted by Crippen LogP contribution is -2.29. The van der Waals surface area contributed by atoms with Crippen LogP contribution >= 0.6 is 0 Å². The molecule has 0 atom stereocenters. The van der Waals surface area contributed by atoms with Crippen molar-refractivity contribution in [2.45, 2.75) is 44.6 Å². The highest BCUT2D eigenvalue weighted by Gasteiger charge is 2.25. The zero-order chi connectivity index (χ0) is 26.5. The van der Waals surface area contributed by atoms with Crippen molar-refractivity contribution < 1.29 is 19.0 Å². The van der Waals surface area contributed by atoms with Gasteiger partial charge < -0.3 is 23.5 Å². The minimum absolute atomic E-state index is 0.168. The number of likely N-dealkylation sites (N-methyl/N-ethyl adjacent to an activating group) is 1. The van der Waals surface area contributed by atoms with Crippen LogP contribution < -0.4 is 14.2 Å². The fourth-order valence-corrected chi connectivity index (χ4v) is 5.17. The second-order valence-electron chi connectivity index (χ2n) is 9.80. The predicted octanol–water partition coefficient (Wildman–Crippen LogP) is 6.04. The van der Waals surface area contributed by atoms with Gasteiger partial charge in [0.05, 0.1) is 26.0 Å². The molecule has 0 unspecified atom stereocenters. The van der Waals surface area contributed by atoms with E-state index in [0.29, 0.717) is 30.0 Å². The van der Waals surface area contributed by atoms with Crippen molar-refractivity contribution in [3.63, 3.8) is 0 Å². The van der Waals surface area contributed by atoms with Gasteiger partial charge in [-0.25, -0.2) is 4.98 Å². The second kappa shape index (κ2) is 11.6. The smallest absolute Gasteiger partial charge is 0.261 e. The highest BCUT2D eigenvalue weighted by Crippen LogP contribution is 2.40. The molecular weight excluding hydrogens is 478 g/mol. The van der Waals surface area contributed by atoms with Crippen molar-refractivity contribution in [1.29, 1.82) is 0 Å². The van der Waals surface area contributed by atoms with E-state index in [4.69, 9.17) is 14.2 Å². The number of ether oxygens (including phenoxy) is 3. The van der Waals surface area contributed by atoms with E-state index < -0.39 is 0 Å². The van der Waals surface area contributed by atoms with Crippen LogP contribution in [0, 0.1) is 0 Å². The fraction of sp³-hybridized carbons (Fsp3) is 0.355. The number of aromatic nitrogens is 2. The molecule has 0 spiro atoms. The molecule has 0 bridgehead atoms. The quantitative estimate of drug-likeness (QED) is 0.273. The van der Waals surface area contributed by atoms with Crippen molar-refractivity contribution >= 4 is 11.6 Å². The topological polar surface area (TPSA) is 65.3 Å². The van der Waals surface area contributed by atoms with E-state index in [1.807, 2.05) is 71.4 Å². The molecule has 1 aliphatic rings. The first kappa shape index (κ1) is 25.6. The highest BCUT2D eigenvalue weighted by molar-refractivity contribution is 6.02. The number of carbonyl (C=O) groups excluding carboxylic acids is 1. The van der Waals surface area contributed by atoms with E-state index in [1.165, 1.54) is 19.3 Å². The van der Waals surface area contributed by atoms with Gasteiger partial charge in [0.15, 0.2) is 0 Å². The molecule has 1 amide bonds. The summed E-state index contributed by atoms with van der Waals surface area (Å²) in [5, 5.41) is 0. The SMILES string of the molecule is COc1ccc(-c2cccc(OC3CCCCC3)c2)c(OC)c1C(=O)N(C)CCc1cn2ccccc2n1. The van der Waals surface area contributed by atoms with Gasteiger partial charge in [0.25, 0.3) is 5.91 Å². The van der Waals surface area contributed by atoms with Crippen LogP contribution in [0.15, 0.2) is 67.0 Å². The van der Waals surface area contributed by atoms with Crippen molar-refractivity contribution in [2.24, 2.45) is 0 Å². The van der Waals surface area contributed by atoms with Gasteiger partial charge in [-0.15, -0.1) is 0 Å². The minimum Gasteiger partial charge on any atom is -0.496 e. The van der Waals surface area contributed by atoms with Gasteiger partial charge in [0.2, 0.25) is 0 Å². The van der Waals surface area contributed by atoms with Crippen LogP contribution in [0.3, 0.4) is 0 Å². The van der Waals surface area contributed by atoms with Crippen molar-refractivity contribution in [3.05, 3.63) is 78.2 Å². The maximum Gasteiger partial charge on any atom is 0.261 e. The lowest BCUT2D eigenvalue weighted by molar-refractivity contribution is 0.0789. The van der Waals surface area contributed by atoms with Crippen LogP contribution in [-0.4, -0.2) is 54.1 Å². The molecule has 1 aliphatic carbocycles. The summed E-state index contributed by atoms with van der Waals surface area (Å²) in [6.45, 7) is 0.504. The third-order valence-corrected chi connectivity index (χ3v) is 7.22. The number of methoxy groups -OCH3 is 2. The van der Waals surface area contributed by atoms with E-state index in [1.54, 1.807) is 26.2 Å². The van der Waals surface area contributed by atoms with E-state index >= 15 is 0 Å². The summed E-state index contributed by atoms with van der Waals surface area (Å²) in [4.78, 5) is 20.1. The molecule has 7 nitrogen and oxygen atoms in total. The summed E-state index contributed by atoms with van der Waals surface area (Å²) in [5.41, 5.74) is 3.97. The van der Waals surface area contributed by atoms with Crippen LogP contribution in [0.4, 0.5) is 0 Å². The van der Waals surface area contributed by atoms with Crippen LogP contribution in [0.2, 0.25) is 0 Å². The first-order chi connectivity index (χ1) is 18.6. The van der Waals surface area contributed by atoms with Gasteiger partial charge in [-0.3, -0.25) is 4.79 Å². The Bertz CT molecular complexity index is 1370. The zero-order valence-electron chi connectivity index (χ0n) is 22.4. The normalized spacial score (nSPS) is 13.9. The third kappa shape index (κ3) is 5.47. The minimum atomic E-state index is -0.168. The third-order valence-electron chi connectivity index (χ3n) is 7.22. The van der Waals surface area contributed by atoms with E-state index in [9.17, 15) is 4.79 Å². The number of pyridine rings is 1. The summed E-state index contributed by atoms with van der Waals surface area (Å²) in [5.74, 6) is 1.64. The van der Waals surface area contributed by atoms with Crippen LogP contribution in [-0.2, 0) is 6.42 Å². The van der Waals surface area contributed by atoms with Gasteiger partial charge in [0.1, 0.15) is 28.5 Å². The highest BCUT2D eigenvalue weighted by atomic mass is 16.5. The Hall–Kier alpha value is -4.00. The van der Waals surface area contributed by atoms with E-state index in [-0.39, 0.29) is 12.0 Å². The van der Waals surface area contributed by atoms with Gasteiger partial charge in [-0.1, -0.05) is 24.6 Å². The second-order valence-corrected chi connectivity index (χ2v) is 9.80. The maximum absolute atomic E-state index is 13.7. The number of fused-ring (bicyclic) bond motifs is 1. The molecule has 0 N–H and O–H groups in total. The molecule has 5 rings (SSSR count). The monoisotopic (exact) mass is 513 g/mol. The Kier molecular flexibility index (Phi) is 7.82. The number of rotatable bonds is 9. The number of carbonyl (C=O) groups is 1. The summed E-state index contributed by atoms with van der Waals surface area (Å²) < 4.78 is 19.7. The number of amides is 1. The molecule has 198 valence electrons. The fourth-order valence-electron chi connectivity index (χ4n) is 5.17. The number of hydrogen-bond acceptors (Lipinski definition) is 5. The average Bonchev–Trinajstić information content (AvgIpc) is 3.38. The number of imidazole rings is 1. The van der Waals surface area contributed by atoms with Crippen molar-refractivity contribution in [2.75, 3.05) is 27.8 Å². The van der Waals surface area contributed by atoms with Gasteiger partial charge in [-0.05, 0) is 67.6 Å². The summed E-state index contributed by atoms with van der Waals surface area (Å²) in [7, 11) is 4.96. The Balaban J connectivity index is 1.39. The molecule has 0 aliphatic heterocycles. The average molecular weight is 514 g/mol. The number of nitrogens with zero attached hydrogens (tertiary/aromatic N) is 3. The first-order valence-electron chi connectivity index (χ1n) is 13.3. The molecule has 2 aromatic heterocycles. The number of hydrogen-bond donors (Lipinski definition) is 0. The summed E-state index contributed by atoms with van der Waals surface area (Å²) in [6, 6.07) is 17.7. The first-order valence-corrected chi connectivity index (χ1v) is 13.3. The summed E-state index contributed by atoms with van der Waals surface area (Å²) >= 11 is 0. The molecule has 38 heavy (non-hydrogen) atoms. The van der Waals surface area contributed by atoms with Crippen LogP contribution in [0.25, 0.3) is 16.8 Å². The molecule has 2 aromatic carbocycles. The molecule has 7 heteroatoms. The van der Waals surface area contributed by atoms with E-state index in [0.717, 1.165) is 41.1 Å². The van der Waals surface area contributed by atoms with Gasteiger partial charge in [0, 0.05) is 38.0 Å². The molecular formula is C31H35N3O4. The van der Waals surface area contributed by atoms with Gasteiger partial charge >= 0.3 is 0 Å². The Morgan fingerprint density at radius 1 is 1.03 bits per heavy atom. The van der Waals surface area contributed by atoms with Crippen LogP contribution in [0.5, 0.6) is 17.2 Å². The van der Waals surface area contributed by atoms with E-state index in [2.05, 4.69) is 4.98 Å². The number of benzene rings is 2. The molecule has 0 radical (unpaired) electrons. The lowest BCUT2D eigenvalue weighted by atomic mass is 9.97. The molecule has 1 saturated carbocycles. The standard InChI is InChI=1S/C31H35N3O4/c1-33(19-17-23-21-34-18-8-7-14-28(34)32-23)31(35)29-27(36-2)16-15-26(30(29)37-3)22-10-9-13-25(20-22)38-24-11-5-4-6-12-24/h7-10,13-16,18,20-21,24H,4-6,11-12,17,19H2,1-3H3. The Morgan fingerprint density at radius 2 is 1.87 bits per heavy atom. The Labute approximate surface area is 224 Å².